The Morgan fingerprint density at radius 2 is 0.820 bits per heavy atom. The van der Waals surface area contributed by atoms with E-state index in [1.807, 2.05) is 6.07 Å². The summed E-state index contributed by atoms with van der Waals surface area (Å²) in [6, 6.07) is 77.5. The lowest BCUT2D eigenvalue weighted by atomic mass is 9.94. The Morgan fingerprint density at radius 3 is 1.57 bits per heavy atom. The maximum atomic E-state index is 5.32. The van der Waals surface area contributed by atoms with Crippen LogP contribution in [0.3, 0.4) is 0 Å². The first-order valence-corrected chi connectivity index (χ1v) is 20.7. The molecule has 0 amide bonds. The summed E-state index contributed by atoms with van der Waals surface area (Å²) in [6.07, 6.45) is 0. The fraction of sp³-hybridized carbons (Fsp3) is 0. The van der Waals surface area contributed by atoms with Crippen LogP contribution in [0.25, 0.3) is 117 Å². The molecule has 61 heavy (non-hydrogen) atoms. The normalized spacial score (nSPS) is 11.6. The second kappa shape index (κ2) is 14.3. The average molecular weight is 777 g/mol. The third kappa shape index (κ3) is 6.04. The molecule has 0 N–H and O–H groups in total. The topological polar surface area (TPSA) is 43.6 Å². The van der Waals surface area contributed by atoms with E-state index in [0.717, 1.165) is 78.4 Å². The number of benzene rings is 9. The molecule has 1 aliphatic heterocycles. The number of hydrogen-bond donors (Lipinski definition) is 0. The summed E-state index contributed by atoms with van der Waals surface area (Å²) < 4.78 is 2.36. The molecule has 4 heteroatoms. The van der Waals surface area contributed by atoms with Crippen molar-refractivity contribution in [3.63, 3.8) is 0 Å². The molecule has 2 aromatic heterocycles. The highest BCUT2D eigenvalue weighted by molar-refractivity contribution is 6.04. The maximum absolute atomic E-state index is 5.32. The molecule has 0 saturated carbocycles. The van der Waals surface area contributed by atoms with Gasteiger partial charge in [-0.25, -0.2) is 15.0 Å². The second-order valence-electron chi connectivity index (χ2n) is 15.6. The van der Waals surface area contributed by atoms with E-state index in [1.165, 1.54) is 33.0 Å². The fourth-order valence-corrected chi connectivity index (χ4v) is 9.00. The predicted octanol–water partition coefficient (Wildman–Crippen LogP) is 14.6. The molecule has 0 fully saturated rings. The Morgan fingerprint density at radius 1 is 0.295 bits per heavy atom. The van der Waals surface area contributed by atoms with Crippen LogP contribution >= 0.6 is 0 Å². The van der Waals surface area contributed by atoms with E-state index in [4.69, 9.17) is 15.0 Å². The van der Waals surface area contributed by atoms with E-state index in [-0.39, 0.29) is 0 Å². The lowest BCUT2D eigenvalue weighted by Crippen LogP contribution is -1.99. The summed E-state index contributed by atoms with van der Waals surface area (Å²) in [5.74, 6) is 1.61. The highest BCUT2D eigenvalue weighted by atomic mass is 15.1. The Balaban J connectivity index is 0.936. The van der Waals surface area contributed by atoms with Crippen LogP contribution in [-0.2, 0) is 0 Å². The summed E-state index contributed by atoms with van der Waals surface area (Å²) in [6.45, 7) is 0. The summed E-state index contributed by atoms with van der Waals surface area (Å²) in [5.41, 5.74) is 18.5. The maximum Gasteiger partial charge on any atom is 0.160 e. The van der Waals surface area contributed by atoms with Gasteiger partial charge in [0.1, 0.15) is 5.82 Å². The number of imidazole rings is 1. The van der Waals surface area contributed by atoms with Gasteiger partial charge >= 0.3 is 0 Å². The van der Waals surface area contributed by atoms with E-state index in [0.29, 0.717) is 5.82 Å². The van der Waals surface area contributed by atoms with Crippen molar-refractivity contribution in [2.75, 3.05) is 0 Å². The van der Waals surface area contributed by atoms with Crippen molar-refractivity contribution >= 4 is 21.8 Å². The van der Waals surface area contributed by atoms with Crippen LogP contribution in [0.15, 0.2) is 218 Å². The Hall–Kier alpha value is -8.21. The number of hydrogen-bond acceptors (Lipinski definition) is 3. The molecule has 9 aromatic carbocycles. The van der Waals surface area contributed by atoms with E-state index in [2.05, 4.69) is 217 Å². The molecule has 11 aromatic rings. The number of rotatable bonds is 6. The molecule has 0 spiro atoms. The third-order valence-corrected chi connectivity index (χ3v) is 11.9. The molecule has 12 rings (SSSR count). The van der Waals surface area contributed by atoms with Gasteiger partial charge in [0.15, 0.2) is 5.82 Å². The first-order valence-electron chi connectivity index (χ1n) is 20.7. The van der Waals surface area contributed by atoms with Crippen molar-refractivity contribution in [1.29, 1.82) is 0 Å². The van der Waals surface area contributed by atoms with Crippen LogP contribution in [0.1, 0.15) is 0 Å². The van der Waals surface area contributed by atoms with Crippen LogP contribution in [0.4, 0.5) is 0 Å². The molecule has 4 nitrogen and oxygen atoms in total. The van der Waals surface area contributed by atoms with E-state index >= 15 is 0 Å². The second-order valence-corrected chi connectivity index (χ2v) is 15.6. The minimum atomic E-state index is 0.690. The van der Waals surface area contributed by atoms with Crippen molar-refractivity contribution in [2.24, 2.45) is 0 Å². The van der Waals surface area contributed by atoms with Gasteiger partial charge in [-0.3, -0.25) is 4.57 Å². The zero-order chi connectivity index (χ0) is 40.3. The summed E-state index contributed by atoms with van der Waals surface area (Å²) in [5, 5.41) is 2.39. The molecule has 0 bridgehead atoms. The van der Waals surface area contributed by atoms with Gasteiger partial charge < -0.3 is 0 Å². The monoisotopic (exact) mass is 776 g/mol. The standard InChI is InChI=1S/C57H36N4/c1-2-15-38(16-3-1)52-36-53(44-31-30-37-14-4-5-17-39(37)33-44)59-56(58-52)45-22-11-20-42(34-45)40-18-10-19-41(32-40)43-21-12-23-46(35-43)57-60-51-28-13-27-50-48-25-7-6-24-47(48)49-26-8-9-29-54(49)61(57)55(50)51/h1-36H. The minimum Gasteiger partial charge on any atom is -0.291 e. The molecular formula is C57H36N4. The molecule has 1 aliphatic rings. The van der Waals surface area contributed by atoms with Crippen molar-refractivity contribution < 1.29 is 0 Å². The van der Waals surface area contributed by atoms with Crippen molar-refractivity contribution in [1.82, 2.24) is 19.5 Å². The summed E-state index contributed by atoms with van der Waals surface area (Å²) in [4.78, 5) is 15.7. The van der Waals surface area contributed by atoms with Crippen molar-refractivity contribution in [3.05, 3.63) is 218 Å². The lowest BCUT2D eigenvalue weighted by molar-refractivity contribution is 1.11. The summed E-state index contributed by atoms with van der Waals surface area (Å²) in [7, 11) is 0. The largest absolute Gasteiger partial charge is 0.291 e. The molecule has 3 heterocycles. The predicted molar refractivity (Wildman–Crippen MR) is 251 cm³/mol. The van der Waals surface area contributed by atoms with Gasteiger partial charge in [-0.15, -0.1) is 0 Å². The molecule has 0 unspecified atom stereocenters. The quantitative estimate of drug-likeness (QED) is 0.169. The van der Waals surface area contributed by atoms with Gasteiger partial charge in [-0.05, 0) is 86.6 Å². The average Bonchev–Trinajstić information content (AvgIpc) is 3.68. The van der Waals surface area contributed by atoms with Crippen LogP contribution < -0.4 is 0 Å². The van der Waals surface area contributed by atoms with Gasteiger partial charge in [0, 0.05) is 33.4 Å². The smallest absolute Gasteiger partial charge is 0.160 e. The van der Waals surface area contributed by atoms with Gasteiger partial charge in [0.2, 0.25) is 0 Å². The van der Waals surface area contributed by atoms with Crippen molar-refractivity contribution in [3.8, 4) is 95.5 Å². The Bertz CT molecular complexity index is 3490. The summed E-state index contributed by atoms with van der Waals surface area (Å²) >= 11 is 0. The van der Waals surface area contributed by atoms with Gasteiger partial charge in [-0.1, -0.05) is 176 Å². The fourth-order valence-electron chi connectivity index (χ4n) is 9.00. The van der Waals surface area contributed by atoms with Crippen molar-refractivity contribution in [2.45, 2.75) is 0 Å². The zero-order valence-corrected chi connectivity index (χ0v) is 33.1. The molecule has 0 radical (unpaired) electrons. The van der Waals surface area contributed by atoms with E-state index in [1.54, 1.807) is 0 Å². The van der Waals surface area contributed by atoms with Crippen LogP contribution in [0.2, 0.25) is 0 Å². The van der Waals surface area contributed by atoms with Crippen LogP contribution in [0.5, 0.6) is 0 Å². The zero-order valence-electron chi connectivity index (χ0n) is 33.1. The van der Waals surface area contributed by atoms with E-state index < -0.39 is 0 Å². The molecule has 284 valence electrons. The third-order valence-electron chi connectivity index (χ3n) is 11.9. The first-order chi connectivity index (χ1) is 30.2. The van der Waals surface area contributed by atoms with Gasteiger partial charge in [0.25, 0.3) is 0 Å². The number of aromatic nitrogens is 4. The number of fused-ring (bicyclic) bond motifs is 6. The highest BCUT2D eigenvalue weighted by Gasteiger charge is 2.25. The molecular weight excluding hydrogens is 741 g/mol. The Kier molecular flexibility index (Phi) is 8.13. The van der Waals surface area contributed by atoms with E-state index in [9.17, 15) is 0 Å². The van der Waals surface area contributed by atoms with Gasteiger partial charge in [-0.2, -0.15) is 0 Å². The minimum absolute atomic E-state index is 0.690. The molecule has 0 saturated heterocycles. The highest BCUT2D eigenvalue weighted by Crippen LogP contribution is 2.45. The Labute approximate surface area is 353 Å². The number of nitrogens with zero attached hydrogens (tertiary/aromatic N) is 4. The van der Waals surface area contributed by atoms with Crippen LogP contribution in [-0.4, -0.2) is 19.5 Å². The SMILES string of the molecule is c1ccc(-c2cc(-c3ccc4ccccc4c3)nc(-c3cccc(-c4cccc(-c5cccc(-c6nc7cccc8c7n6-c6ccccc6-c6ccccc6-8)c5)c4)c3)n2)cc1. The first kappa shape index (κ1) is 34.8. The van der Waals surface area contributed by atoms with Gasteiger partial charge in [0.05, 0.1) is 28.1 Å². The lowest BCUT2D eigenvalue weighted by Gasteiger charge is -2.14. The molecule has 0 aliphatic carbocycles. The number of para-hydroxylation sites is 2. The van der Waals surface area contributed by atoms with Crippen LogP contribution in [0, 0.1) is 0 Å². The molecule has 0 atom stereocenters.